The SMILES string of the molecule is Cc1ccc([C@@](C)(N)C(=O)O)s1. The molecule has 4 heteroatoms. The predicted octanol–water partition coefficient (Wildman–Crippen LogP) is 1.32. The Hall–Kier alpha value is -0.870. The van der Waals surface area contributed by atoms with Crippen LogP contribution in [0.4, 0.5) is 0 Å². The third-order valence-corrected chi connectivity index (χ3v) is 2.93. The van der Waals surface area contributed by atoms with Gasteiger partial charge in [-0.2, -0.15) is 0 Å². The summed E-state index contributed by atoms with van der Waals surface area (Å²) in [4.78, 5) is 12.5. The van der Waals surface area contributed by atoms with Gasteiger partial charge in [-0.3, -0.25) is 0 Å². The summed E-state index contributed by atoms with van der Waals surface area (Å²) < 4.78 is 0. The van der Waals surface area contributed by atoms with Gasteiger partial charge >= 0.3 is 5.97 Å². The van der Waals surface area contributed by atoms with Gasteiger partial charge in [0.25, 0.3) is 0 Å². The van der Waals surface area contributed by atoms with Crippen LogP contribution >= 0.6 is 11.3 Å². The van der Waals surface area contributed by atoms with Crippen LogP contribution in [0.3, 0.4) is 0 Å². The van der Waals surface area contributed by atoms with Crippen molar-refractivity contribution in [1.82, 2.24) is 0 Å². The first-order valence-corrected chi connectivity index (χ1v) is 4.35. The second-order valence-corrected chi connectivity index (χ2v) is 4.21. The molecule has 1 atom stereocenters. The molecule has 1 rings (SSSR count). The van der Waals surface area contributed by atoms with Crippen molar-refractivity contribution in [3.63, 3.8) is 0 Å². The van der Waals surface area contributed by atoms with Crippen LogP contribution in [0.5, 0.6) is 0 Å². The molecule has 0 radical (unpaired) electrons. The highest BCUT2D eigenvalue weighted by Crippen LogP contribution is 2.25. The van der Waals surface area contributed by atoms with Gasteiger partial charge in [0, 0.05) is 9.75 Å². The lowest BCUT2D eigenvalue weighted by atomic mass is 10.0. The van der Waals surface area contributed by atoms with Gasteiger partial charge in [0.2, 0.25) is 0 Å². The van der Waals surface area contributed by atoms with E-state index in [1.165, 1.54) is 18.3 Å². The summed E-state index contributed by atoms with van der Waals surface area (Å²) in [6.07, 6.45) is 0. The minimum absolute atomic E-state index is 0.688. The number of carboxylic acid groups (broad SMARTS) is 1. The first-order valence-electron chi connectivity index (χ1n) is 3.54. The summed E-state index contributed by atoms with van der Waals surface area (Å²) in [5.41, 5.74) is 4.35. The maximum atomic E-state index is 10.7. The van der Waals surface area contributed by atoms with Gasteiger partial charge in [-0.05, 0) is 26.0 Å². The monoisotopic (exact) mass is 185 g/mol. The number of thiophene rings is 1. The smallest absolute Gasteiger partial charge is 0.328 e. The molecule has 0 saturated carbocycles. The van der Waals surface area contributed by atoms with Gasteiger partial charge in [0.05, 0.1) is 0 Å². The molecule has 1 heterocycles. The Kier molecular flexibility index (Phi) is 2.21. The number of aryl methyl sites for hydroxylation is 1. The van der Waals surface area contributed by atoms with Crippen molar-refractivity contribution in [3.8, 4) is 0 Å². The van der Waals surface area contributed by atoms with E-state index in [1.54, 1.807) is 6.07 Å². The van der Waals surface area contributed by atoms with E-state index in [0.717, 1.165) is 4.88 Å². The van der Waals surface area contributed by atoms with E-state index < -0.39 is 11.5 Å². The molecule has 0 fully saturated rings. The topological polar surface area (TPSA) is 63.3 Å². The number of hydrogen-bond acceptors (Lipinski definition) is 3. The Bertz CT molecular complexity index is 304. The zero-order valence-corrected chi connectivity index (χ0v) is 7.81. The molecule has 0 aromatic carbocycles. The highest BCUT2D eigenvalue weighted by atomic mass is 32.1. The van der Waals surface area contributed by atoms with Crippen LogP contribution < -0.4 is 5.73 Å². The van der Waals surface area contributed by atoms with Crippen LogP contribution in [0.25, 0.3) is 0 Å². The second kappa shape index (κ2) is 2.88. The van der Waals surface area contributed by atoms with Gasteiger partial charge in [0.1, 0.15) is 5.54 Å². The molecule has 0 unspecified atom stereocenters. The Morgan fingerprint density at radius 3 is 2.58 bits per heavy atom. The number of aliphatic carboxylic acids is 1. The number of carbonyl (C=O) groups is 1. The van der Waals surface area contributed by atoms with Gasteiger partial charge in [-0.1, -0.05) is 0 Å². The first kappa shape index (κ1) is 9.22. The van der Waals surface area contributed by atoms with Gasteiger partial charge < -0.3 is 10.8 Å². The fourth-order valence-corrected chi connectivity index (χ4v) is 1.74. The van der Waals surface area contributed by atoms with Crippen molar-refractivity contribution in [2.75, 3.05) is 0 Å². The molecule has 1 aromatic heterocycles. The van der Waals surface area contributed by atoms with Crippen LogP contribution in [0.2, 0.25) is 0 Å². The zero-order chi connectivity index (χ0) is 9.35. The van der Waals surface area contributed by atoms with Crippen molar-refractivity contribution in [3.05, 3.63) is 21.9 Å². The molecular formula is C8H11NO2S. The molecule has 0 aliphatic rings. The van der Waals surface area contributed by atoms with Crippen LogP contribution in [-0.4, -0.2) is 11.1 Å². The van der Waals surface area contributed by atoms with Crippen LogP contribution in [0.1, 0.15) is 16.7 Å². The van der Waals surface area contributed by atoms with Crippen molar-refractivity contribution in [1.29, 1.82) is 0 Å². The number of nitrogens with two attached hydrogens (primary N) is 1. The molecule has 0 bridgehead atoms. The molecule has 12 heavy (non-hydrogen) atoms. The maximum Gasteiger partial charge on any atom is 0.328 e. The Morgan fingerprint density at radius 2 is 2.25 bits per heavy atom. The number of rotatable bonds is 2. The van der Waals surface area contributed by atoms with E-state index in [0.29, 0.717) is 4.88 Å². The lowest BCUT2D eigenvalue weighted by molar-refractivity contribution is -0.142. The fourth-order valence-electron chi connectivity index (χ4n) is 0.819. The zero-order valence-electron chi connectivity index (χ0n) is 7.00. The minimum atomic E-state index is -1.25. The Balaban J connectivity index is 3.05. The van der Waals surface area contributed by atoms with Gasteiger partial charge in [-0.25, -0.2) is 4.79 Å². The Labute approximate surface area is 74.8 Å². The number of carboxylic acids is 1. The Morgan fingerprint density at radius 1 is 1.67 bits per heavy atom. The third kappa shape index (κ3) is 1.49. The normalized spacial score (nSPS) is 15.6. The van der Waals surface area contributed by atoms with E-state index in [9.17, 15) is 4.79 Å². The van der Waals surface area contributed by atoms with Crippen LogP contribution in [0.15, 0.2) is 12.1 Å². The number of hydrogen-bond donors (Lipinski definition) is 2. The molecule has 3 N–H and O–H groups in total. The predicted molar refractivity (Wildman–Crippen MR) is 48.2 cm³/mol. The quantitative estimate of drug-likeness (QED) is 0.730. The van der Waals surface area contributed by atoms with Crippen LogP contribution in [0, 0.1) is 6.92 Å². The van der Waals surface area contributed by atoms with E-state index in [1.807, 2.05) is 13.0 Å². The first-order chi connectivity index (χ1) is 5.44. The molecule has 0 saturated heterocycles. The van der Waals surface area contributed by atoms with Crippen LogP contribution in [-0.2, 0) is 10.3 Å². The van der Waals surface area contributed by atoms with Gasteiger partial charge in [0.15, 0.2) is 0 Å². The standard InChI is InChI=1S/C8H11NO2S/c1-5-3-4-6(12-5)8(2,9)7(10)11/h3-4H,9H2,1-2H3,(H,10,11)/t8-/m1/s1. The lowest BCUT2D eigenvalue weighted by Gasteiger charge is -2.16. The summed E-state index contributed by atoms with van der Waals surface area (Å²) in [6.45, 7) is 3.42. The molecular weight excluding hydrogens is 174 g/mol. The van der Waals surface area contributed by atoms with E-state index in [2.05, 4.69) is 0 Å². The summed E-state index contributed by atoms with van der Waals surface area (Å²) in [7, 11) is 0. The maximum absolute atomic E-state index is 10.7. The van der Waals surface area contributed by atoms with E-state index in [-0.39, 0.29) is 0 Å². The average molecular weight is 185 g/mol. The average Bonchev–Trinajstić information content (AvgIpc) is 2.35. The fraction of sp³-hybridized carbons (Fsp3) is 0.375. The molecule has 0 aliphatic heterocycles. The largest absolute Gasteiger partial charge is 0.480 e. The highest BCUT2D eigenvalue weighted by molar-refractivity contribution is 7.12. The second-order valence-electron chi connectivity index (χ2n) is 2.92. The van der Waals surface area contributed by atoms with Crippen molar-refractivity contribution in [2.45, 2.75) is 19.4 Å². The third-order valence-electron chi connectivity index (χ3n) is 1.70. The van der Waals surface area contributed by atoms with E-state index in [4.69, 9.17) is 10.8 Å². The molecule has 0 aliphatic carbocycles. The molecule has 3 nitrogen and oxygen atoms in total. The summed E-state index contributed by atoms with van der Waals surface area (Å²) in [6, 6.07) is 3.63. The minimum Gasteiger partial charge on any atom is -0.480 e. The summed E-state index contributed by atoms with van der Waals surface area (Å²) >= 11 is 1.42. The highest BCUT2D eigenvalue weighted by Gasteiger charge is 2.31. The molecule has 66 valence electrons. The van der Waals surface area contributed by atoms with Gasteiger partial charge in [-0.15, -0.1) is 11.3 Å². The molecule has 1 aromatic rings. The summed E-state index contributed by atoms with van der Waals surface area (Å²) in [5.74, 6) is -0.996. The van der Waals surface area contributed by atoms with E-state index >= 15 is 0 Å². The molecule has 0 amide bonds. The van der Waals surface area contributed by atoms with Crippen molar-refractivity contribution >= 4 is 17.3 Å². The van der Waals surface area contributed by atoms with Crippen molar-refractivity contribution < 1.29 is 9.90 Å². The summed E-state index contributed by atoms with van der Waals surface area (Å²) in [5, 5.41) is 8.79. The van der Waals surface area contributed by atoms with Crippen molar-refractivity contribution in [2.24, 2.45) is 5.73 Å². The molecule has 0 spiro atoms. The lowest BCUT2D eigenvalue weighted by Crippen LogP contribution is -2.40.